The lowest BCUT2D eigenvalue weighted by Crippen LogP contribution is -2.47. The maximum Gasteiger partial charge on any atom is 0.120 e. The average Bonchev–Trinajstić information content (AvgIpc) is 2.76. The fraction of sp³-hybridized carbons (Fsp3) is 0.562. The third-order valence-electron chi connectivity index (χ3n) is 7.07. The molecule has 0 saturated carbocycles. The Morgan fingerprint density at radius 1 is 1.12 bits per heavy atom. The highest BCUT2D eigenvalue weighted by Gasteiger charge is 2.33. The molecule has 0 aliphatic heterocycles. The SMILES string of the molecule is C=CC(C(C)/C(C)=C/C=C\C)[N+](C)(C)/C=C(\N/C(C)=C/CC)C1=C(C(C)C)CCC=C1C(C)C. The molecule has 0 saturated heterocycles. The highest BCUT2D eigenvalue weighted by atomic mass is 15.3. The minimum absolute atomic E-state index is 0.256. The van der Waals surface area contributed by atoms with E-state index in [2.05, 4.69) is 131 Å². The molecule has 0 aromatic rings. The van der Waals surface area contributed by atoms with Gasteiger partial charge in [-0.2, -0.15) is 0 Å². The van der Waals surface area contributed by atoms with Gasteiger partial charge >= 0.3 is 0 Å². The molecule has 2 heteroatoms. The van der Waals surface area contributed by atoms with Crippen molar-refractivity contribution < 1.29 is 4.48 Å². The average molecular weight is 466 g/mol. The minimum Gasteiger partial charge on any atom is -0.355 e. The molecule has 0 amide bonds. The van der Waals surface area contributed by atoms with Gasteiger partial charge in [0.25, 0.3) is 0 Å². The Labute approximate surface area is 212 Å². The van der Waals surface area contributed by atoms with Crippen LogP contribution in [0, 0.1) is 17.8 Å². The quantitative estimate of drug-likeness (QED) is 0.172. The molecule has 0 aromatic carbocycles. The van der Waals surface area contributed by atoms with Crippen LogP contribution in [-0.2, 0) is 0 Å². The summed E-state index contributed by atoms with van der Waals surface area (Å²) < 4.78 is 0.730. The van der Waals surface area contributed by atoms with E-state index in [0.29, 0.717) is 17.8 Å². The van der Waals surface area contributed by atoms with Crippen LogP contribution in [-0.4, -0.2) is 24.6 Å². The van der Waals surface area contributed by atoms with Crippen molar-refractivity contribution in [2.75, 3.05) is 14.1 Å². The Morgan fingerprint density at radius 2 is 1.76 bits per heavy atom. The Kier molecular flexibility index (Phi) is 12.1. The second kappa shape index (κ2) is 13.7. The van der Waals surface area contributed by atoms with Gasteiger partial charge in [0.05, 0.1) is 19.8 Å². The standard InChI is InChI=1S/C32H53N2/c1-13-16-19-25(8)27(10)31(15-3)34(11,12)22-30(33-26(9)18-14-2)32-28(23(4)5)20-17-21-29(32)24(6)7/h13,15-16,18-20,22-24,27,31,33H,3,14,17,21H2,1-2,4-12H3/q+1/b16-13-,25-19+,26-18+,30-22-. The molecular weight excluding hydrogens is 412 g/mol. The van der Waals surface area contributed by atoms with Crippen molar-refractivity contribution in [2.45, 2.75) is 87.6 Å². The first-order valence-corrected chi connectivity index (χ1v) is 13.3. The van der Waals surface area contributed by atoms with Crippen molar-refractivity contribution in [1.82, 2.24) is 5.32 Å². The summed E-state index contributed by atoms with van der Waals surface area (Å²) in [5.74, 6) is 1.38. The van der Waals surface area contributed by atoms with Crippen LogP contribution in [0.5, 0.6) is 0 Å². The summed E-state index contributed by atoms with van der Waals surface area (Å²) in [5.41, 5.74) is 8.31. The van der Waals surface area contributed by atoms with Gasteiger partial charge in [0.2, 0.25) is 0 Å². The highest BCUT2D eigenvalue weighted by molar-refractivity contribution is 5.52. The van der Waals surface area contributed by atoms with Crippen molar-refractivity contribution in [1.29, 1.82) is 0 Å². The van der Waals surface area contributed by atoms with E-state index in [0.717, 1.165) is 23.7 Å². The summed E-state index contributed by atoms with van der Waals surface area (Å²) in [6.45, 7) is 24.6. The van der Waals surface area contributed by atoms with E-state index >= 15 is 0 Å². The summed E-state index contributed by atoms with van der Waals surface area (Å²) in [6, 6.07) is 0.256. The van der Waals surface area contributed by atoms with Crippen molar-refractivity contribution in [3.8, 4) is 0 Å². The molecule has 0 spiro atoms. The molecule has 190 valence electrons. The van der Waals surface area contributed by atoms with Crippen LogP contribution in [0.4, 0.5) is 0 Å². The van der Waals surface area contributed by atoms with Gasteiger partial charge in [-0.25, -0.2) is 0 Å². The van der Waals surface area contributed by atoms with Gasteiger partial charge < -0.3 is 5.32 Å². The highest BCUT2D eigenvalue weighted by Crippen LogP contribution is 2.38. The fourth-order valence-electron chi connectivity index (χ4n) is 5.09. The summed E-state index contributed by atoms with van der Waals surface area (Å²) in [4.78, 5) is 0. The monoisotopic (exact) mass is 465 g/mol. The predicted molar refractivity (Wildman–Crippen MR) is 153 cm³/mol. The number of nitrogens with one attached hydrogen (secondary N) is 1. The lowest BCUT2D eigenvalue weighted by Gasteiger charge is -2.38. The molecular formula is C32H53N2+. The zero-order chi connectivity index (χ0) is 26.1. The van der Waals surface area contributed by atoms with Gasteiger partial charge in [-0.15, -0.1) is 0 Å². The molecule has 0 bridgehead atoms. The number of hydrogen-bond acceptors (Lipinski definition) is 1. The molecule has 2 nitrogen and oxygen atoms in total. The topological polar surface area (TPSA) is 12.0 Å². The second-order valence-electron chi connectivity index (χ2n) is 11.0. The lowest BCUT2D eigenvalue weighted by molar-refractivity contribution is -0.862. The third-order valence-corrected chi connectivity index (χ3v) is 7.07. The first-order valence-electron chi connectivity index (χ1n) is 13.3. The van der Waals surface area contributed by atoms with E-state index in [1.54, 1.807) is 5.57 Å². The van der Waals surface area contributed by atoms with E-state index in [1.165, 1.54) is 28.1 Å². The Balaban J connectivity index is 3.76. The lowest BCUT2D eigenvalue weighted by atomic mass is 9.79. The molecule has 2 unspecified atom stereocenters. The molecule has 1 aliphatic rings. The zero-order valence-electron chi connectivity index (χ0n) is 24.1. The molecule has 0 radical (unpaired) electrons. The molecule has 1 N–H and O–H groups in total. The van der Waals surface area contributed by atoms with Crippen LogP contribution in [0.2, 0.25) is 0 Å². The van der Waals surface area contributed by atoms with Crippen LogP contribution in [0.15, 0.2) is 82.9 Å². The third kappa shape index (κ3) is 8.01. The second-order valence-corrected chi connectivity index (χ2v) is 11.0. The van der Waals surface area contributed by atoms with Gasteiger partial charge in [0.15, 0.2) is 0 Å². The zero-order valence-corrected chi connectivity index (χ0v) is 24.1. The molecule has 2 atom stereocenters. The fourth-order valence-corrected chi connectivity index (χ4v) is 5.09. The molecule has 1 aliphatic carbocycles. The predicted octanol–water partition coefficient (Wildman–Crippen LogP) is 8.85. The van der Waals surface area contributed by atoms with Crippen LogP contribution in [0.3, 0.4) is 0 Å². The minimum atomic E-state index is 0.256. The number of likely N-dealkylation sites (N-methyl/N-ethyl adjacent to an activating group) is 1. The van der Waals surface area contributed by atoms with Crippen molar-refractivity contribution in [3.63, 3.8) is 0 Å². The summed E-state index contributed by atoms with van der Waals surface area (Å²) in [5, 5.41) is 3.84. The first-order chi connectivity index (χ1) is 15.9. The maximum atomic E-state index is 4.26. The van der Waals surface area contributed by atoms with E-state index in [-0.39, 0.29) is 6.04 Å². The summed E-state index contributed by atoms with van der Waals surface area (Å²) in [7, 11) is 4.62. The van der Waals surface area contributed by atoms with Crippen molar-refractivity contribution >= 4 is 0 Å². The number of rotatable bonds is 12. The molecule has 34 heavy (non-hydrogen) atoms. The Bertz CT molecular complexity index is 869. The Morgan fingerprint density at radius 3 is 2.26 bits per heavy atom. The van der Waals surface area contributed by atoms with E-state index in [9.17, 15) is 0 Å². The normalized spacial score (nSPS) is 18.6. The van der Waals surface area contributed by atoms with Gasteiger partial charge in [-0.3, -0.25) is 4.48 Å². The van der Waals surface area contributed by atoms with Crippen LogP contribution < -0.4 is 5.32 Å². The maximum absolute atomic E-state index is 4.26. The molecule has 0 heterocycles. The van der Waals surface area contributed by atoms with Gasteiger partial charge in [-0.1, -0.05) is 89.6 Å². The van der Waals surface area contributed by atoms with Gasteiger partial charge in [-0.05, 0) is 63.5 Å². The first kappa shape index (κ1) is 30.0. The summed E-state index contributed by atoms with van der Waals surface area (Å²) in [6.07, 6.45) is 19.1. The number of allylic oxidation sites excluding steroid dienone is 8. The van der Waals surface area contributed by atoms with Crippen molar-refractivity contribution in [3.05, 3.63) is 82.9 Å². The number of nitrogens with zero attached hydrogens (tertiary/aromatic N) is 1. The van der Waals surface area contributed by atoms with E-state index < -0.39 is 0 Å². The van der Waals surface area contributed by atoms with Crippen molar-refractivity contribution in [2.24, 2.45) is 17.8 Å². The largest absolute Gasteiger partial charge is 0.355 e. The smallest absolute Gasteiger partial charge is 0.120 e. The molecule has 0 fully saturated rings. The number of quaternary nitrogens is 1. The summed E-state index contributed by atoms with van der Waals surface area (Å²) >= 11 is 0. The molecule has 0 aromatic heterocycles. The molecule has 1 rings (SSSR count). The van der Waals surface area contributed by atoms with Gasteiger partial charge in [0, 0.05) is 17.2 Å². The van der Waals surface area contributed by atoms with E-state index in [4.69, 9.17) is 0 Å². The van der Waals surface area contributed by atoms with Crippen LogP contribution >= 0.6 is 0 Å². The van der Waals surface area contributed by atoms with Gasteiger partial charge in [0.1, 0.15) is 12.2 Å². The van der Waals surface area contributed by atoms with E-state index in [1.807, 2.05) is 0 Å². The number of hydrogen-bond donors (Lipinski definition) is 1. The Hall–Kier alpha value is -2.06. The van der Waals surface area contributed by atoms with Crippen LogP contribution in [0.1, 0.15) is 81.6 Å². The van der Waals surface area contributed by atoms with Crippen LogP contribution in [0.25, 0.3) is 0 Å².